The van der Waals surface area contributed by atoms with Crippen LogP contribution in [0.2, 0.25) is 0 Å². The minimum Gasteiger partial charge on any atom is -0.491 e. The van der Waals surface area contributed by atoms with Crippen LogP contribution in [0.3, 0.4) is 0 Å². The zero-order valence-corrected chi connectivity index (χ0v) is 16.2. The Morgan fingerprint density at radius 3 is 2.50 bits per heavy atom. The summed E-state index contributed by atoms with van der Waals surface area (Å²) in [6.07, 6.45) is -0.891. The zero-order chi connectivity index (χ0) is 21.2. The first-order valence-electron chi connectivity index (χ1n) is 8.72. The summed E-state index contributed by atoms with van der Waals surface area (Å²) in [7, 11) is 0. The van der Waals surface area contributed by atoms with Gasteiger partial charge in [-0.2, -0.15) is 5.26 Å². The van der Waals surface area contributed by atoms with Crippen LogP contribution in [0.1, 0.15) is 27.2 Å². The molecule has 10 nitrogen and oxygen atoms in total. The molecule has 0 aromatic heterocycles. The SMILES string of the molecule is CC(C)(C)NCC(O)COc1ccc(NC(=O)CC(C#N)CO[N+](=O)[O-])cc1. The first-order valence-corrected chi connectivity index (χ1v) is 8.72. The third-order valence-corrected chi connectivity index (χ3v) is 3.44. The first-order chi connectivity index (χ1) is 13.1. The van der Waals surface area contributed by atoms with Crippen molar-refractivity contribution in [3.63, 3.8) is 0 Å². The molecule has 1 rings (SSSR count). The molecule has 0 aliphatic rings. The fourth-order valence-corrected chi connectivity index (χ4v) is 2.04. The molecule has 0 bridgehead atoms. The monoisotopic (exact) mass is 394 g/mol. The van der Waals surface area contributed by atoms with Gasteiger partial charge >= 0.3 is 0 Å². The van der Waals surface area contributed by atoms with Crippen molar-refractivity contribution in [2.45, 2.75) is 38.8 Å². The highest BCUT2D eigenvalue weighted by Crippen LogP contribution is 2.17. The van der Waals surface area contributed by atoms with Crippen LogP contribution in [-0.2, 0) is 9.63 Å². The van der Waals surface area contributed by atoms with Gasteiger partial charge in [0.05, 0.1) is 12.0 Å². The number of β-amino-alcohol motifs (C(OH)–C–C–N with tert-alkyl or cyclic N) is 1. The number of aliphatic hydroxyl groups excluding tert-OH is 1. The van der Waals surface area contributed by atoms with E-state index in [-0.39, 0.29) is 18.6 Å². The van der Waals surface area contributed by atoms with Crippen LogP contribution >= 0.6 is 0 Å². The van der Waals surface area contributed by atoms with Gasteiger partial charge in [-0.15, -0.1) is 10.1 Å². The number of ether oxygens (including phenoxy) is 1. The number of nitrogens with one attached hydrogen (secondary N) is 2. The predicted octanol–water partition coefficient (Wildman–Crippen LogP) is 1.49. The quantitative estimate of drug-likeness (QED) is 0.378. The molecule has 1 aromatic rings. The highest BCUT2D eigenvalue weighted by atomic mass is 16.9. The first kappa shape index (κ1) is 23.1. The number of aliphatic hydroxyl groups is 1. The van der Waals surface area contributed by atoms with E-state index in [0.717, 1.165) is 0 Å². The molecule has 0 saturated heterocycles. The Bertz CT molecular complexity index is 681. The van der Waals surface area contributed by atoms with Crippen LogP contribution in [0.4, 0.5) is 5.69 Å². The molecule has 0 spiro atoms. The fourth-order valence-electron chi connectivity index (χ4n) is 2.04. The van der Waals surface area contributed by atoms with Gasteiger partial charge in [0, 0.05) is 24.2 Å². The van der Waals surface area contributed by atoms with Crippen LogP contribution in [0.5, 0.6) is 5.75 Å². The molecule has 0 aliphatic carbocycles. The van der Waals surface area contributed by atoms with Crippen molar-refractivity contribution in [2.24, 2.45) is 5.92 Å². The van der Waals surface area contributed by atoms with Crippen LogP contribution < -0.4 is 15.4 Å². The number of carbonyl (C=O) groups is 1. The molecule has 3 N–H and O–H groups in total. The van der Waals surface area contributed by atoms with Crippen LogP contribution in [0.15, 0.2) is 24.3 Å². The van der Waals surface area contributed by atoms with Gasteiger partial charge in [-0.05, 0) is 45.0 Å². The number of hydrogen-bond acceptors (Lipinski definition) is 8. The summed E-state index contributed by atoms with van der Waals surface area (Å²) in [5.74, 6) is -0.853. The molecule has 0 heterocycles. The molecule has 0 fully saturated rings. The van der Waals surface area contributed by atoms with Gasteiger partial charge in [0.2, 0.25) is 5.91 Å². The van der Waals surface area contributed by atoms with Crippen LogP contribution in [0, 0.1) is 27.4 Å². The van der Waals surface area contributed by atoms with Gasteiger partial charge in [-0.1, -0.05) is 0 Å². The Balaban J connectivity index is 2.42. The van der Waals surface area contributed by atoms with Gasteiger partial charge in [-0.3, -0.25) is 4.79 Å². The van der Waals surface area contributed by atoms with E-state index in [9.17, 15) is 20.0 Å². The second-order valence-electron chi connectivity index (χ2n) is 7.22. The number of anilines is 1. The maximum atomic E-state index is 11.9. The molecule has 28 heavy (non-hydrogen) atoms. The largest absolute Gasteiger partial charge is 0.491 e. The number of amides is 1. The molecule has 10 heteroatoms. The molecule has 0 aliphatic heterocycles. The number of nitrogens with zero attached hydrogens (tertiary/aromatic N) is 2. The summed E-state index contributed by atoms with van der Waals surface area (Å²) in [6, 6.07) is 8.29. The second-order valence-corrected chi connectivity index (χ2v) is 7.22. The summed E-state index contributed by atoms with van der Waals surface area (Å²) in [4.78, 5) is 26.2. The van der Waals surface area contributed by atoms with E-state index in [1.165, 1.54) is 0 Å². The number of nitriles is 1. The maximum absolute atomic E-state index is 11.9. The van der Waals surface area contributed by atoms with Gasteiger partial charge < -0.3 is 25.3 Å². The Kier molecular flexibility index (Phi) is 9.14. The number of rotatable bonds is 11. The molecule has 0 radical (unpaired) electrons. The van der Waals surface area contributed by atoms with Crippen molar-refractivity contribution in [2.75, 3.05) is 25.1 Å². The average molecular weight is 394 g/mol. The highest BCUT2D eigenvalue weighted by molar-refractivity contribution is 5.91. The third-order valence-electron chi connectivity index (χ3n) is 3.44. The maximum Gasteiger partial charge on any atom is 0.294 e. The van der Waals surface area contributed by atoms with Crippen molar-refractivity contribution >= 4 is 11.6 Å². The molecular weight excluding hydrogens is 368 g/mol. The van der Waals surface area contributed by atoms with Crippen molar-refractivity contribution in [1.29, 1.82) is 5.26 Å². The lowest BCUT2D eigenvalue weighted by atomic mass is 10.1. The number of hydrogen-bond donors (Lipinski definition) is 3. The Morgan fingerprint density at radius 1 is 1.32 bits per heavy atom. The molecule has 2 atom stereocenters. The second kappa shape index (κ2) is 11.1. The van der Waals surface area contributed by atoms with Crippen LogP contribution in [-0.4, -0.2) is 47.5 Å². The van der Waals surface area contributed by atoms with E-state index in [4.69, 9.17) is 10.00 Å². The van der Waals surface area contributed by atoms with Crippen LogP contribution in [0.25, 0.3) is 0 Å². The molecule has 1 amide bonds. The Morgan fingerprint density at radius 2 is 1.96 bits per heavy atom. The zero-order valence-electron chi connectivity index (χ0n) is 16.2. The lowest BCUT2D eigenvalue weighted by Crippen LogP contribution is -2.42. The van der Waals surface area contributed by atoms with Gasteiger partial charge in [-0.25, -0.2) is 0 Å². The van der Waals surface area contributed by atoms with Crippen molar-refractivity contribution < 1.29 is 24.6 Å². The molecule has 154 valence electrons. The number of benzene rings is 1. The van der Waals surface area contributed by atoms with E-state index in [1.807, 2.05) is 20.8 Å². The summed E-state index contributed by atoms with van der Waals surface area (Å²) < 4.78 is 5.50. The summed E-state index contributed by atoms with van der Waals surface area (Å²) in [5, 5.41) is 33.7. The third kappa shape index (κ3) is 10.3. The average Bonchev–Trinajstić information content (AvgIpc) is 2.62. The van der Waals surface area contributed by atoms with E-state index in [0.29, 0.717) is 18.0 Å². The standard InChI is InChI=1S/C18H26N4O6/c1-18(2,3)20-10-15(23)12-27-16-6-4-14(5-7-16)21-17(24)8-13(9-19)11-28-22(25)26/h4-7,13,15,20,23H,8,10-12H2,1-3H3,(H,21,24). The highest BCUT2D eigenvalue weighted by Gasteiger charge is 2.16. The minimum absolute atomic E-state index is 0.0964. The van der Waals surface area contributed by atoms with E-state index in [2.05, 4.69) is 15.5 Å². The molecular formula is C18H26N4O6. The van der Waals surface area contributed by atoms with Gasteiger partial charge in [0.15, 0.2) is 0 Å². The summed E-state index contributed by atoms with van der Waals surface area (Å²) in [5.41, 5.74) is 0.389. The fraction of sp³-hybridized carbons (Fsp3) is 0.556. The Hall–Kier alpha value is -2.90. The van der Waals surface area contributed by atoms with Gasteiger partial charge in [0.25, 0.3) is 5.09 Å². The molecule has 2 unspecified atom stereocenters. The van der Waals surface area contributed by atoms with Crippen molar-refractivity contribution in [1.82, 2.24) is 5.32 Å². The predicted molar refractivity (Wildman–Crippen MR) is 101 cm³/mol. The Labute approximate surface area is 163 Å². The summed E-state index contributed by atoms with van der Waals surface area (Å²) in [6.45, 7) is 6.06. The normalized spacial score (nSPS) is 13.1. The number of carbonyl (C=O) groups excluding carboxylic acids is 1. The lowest BCUT2D eigenvalue weighted by Gasteiger charge is -2.23. The smallest absolute Gasteiger partial charge is 0.294 e. The van der Waals surface area contributed by atoms with E-state index in [1.54, 1.807) is 30.3 Å². The molecule has 0 saturated carbocycles. The van der Waals surface area contributed by atoms with Crippen molar-refractivity contribution in [3.8, 4) is 11.8 Å². The lowest BCUT2D eigenvalue weighted by molar-refractivity contribution is -0.758. The van der Waals surface area contributed by atoms with Crippen molar-refractivity contribution in [3.05, 3.63) is 34.4 Å². The minimum atomic E-state index is -1.00. The van der Waals surface area contributed by atoms with E-state index < -0.39 is 29.6 Å². The topological polar surface area (TPSA) is 147 Å². The molecule has 1 aromatic carbocycles. The summed E-state index contributed by atoms with van der Waals surface area (Å²) >= 11 is 0. The van der Waals surface area contributed by atoms with E-state index >= 15 is 0 Å². The van der Waals surface area contributed by atoms with Gasteiger partial charge in [0.1, 0.15) is 25.1 Å².